The molecule has 28 heavy (non-hydrogen) atoms. The third-order valence-electron chi connectivity index (χ3n) is 3.99. The Morgan fingerprint density at radius 1 is 1.25 bits per heavy atom. The number of carbonyl (C=O) groups is 1. The maximum Gasteiger partial charge on any atom is 0.257 e. The fourth-order valence-corrected chi connectivity index (χ4v) is 2.90. The van der Waals surface area contributed by atoms with Crippen molar-refractivity contribution in [2.45, 2.75) is 6.92 Å². The molecule has 0 saturated carbocycles. The highest BCUT2D eigenvalue weighted by atomic mass is 35.5. The van der Waals surface area contributed by atoms with Crippen LogP contribution in [0.4, 0.5) is 4.39 Å². The lowest BCUT2D eigenvalue weighted by Gasteiger charge is -2.09. The van der Waals surface area contributed by atoms with E-state index in [-0.39, 0.29) is 40.8 Å². The van der Waals surface area contributed by atoms with E-state index in [1.165, 1.54) is 18.2 Å². The minimum atomic E-state index is -0.587. The lowest BCUT2D eigenvalue weighted by atomic mass is 10.0. The van der Waals surface area contributed by atoms with Crippen molar-refractivity contribution < 1.29 is 23.2 Å². The Hall–Kier alpha value is -3.06. The smallest absolute Gasteiger partial charge is 0.257 e. The fraction of sp³-hybridized carbons (Fsp3) is 0.200. The summed E-state index contributed by atoms with van der Waals surface area (Å²) in [6.45, 7) is 2.04. The number of aryl methyl sites for hydroxylation is 1. The first-order chi connectivity index (χ1) is 13.5. The Balaban J connectivity index is 1.67. The Morgan fingerprint density at radius 2 is 2.00 bits per heavy atom. The number of benzene rings is 2. The van der Waals surface area contributed by atoms with E-state index in [9.17, 15) is 9.18 Å². The fourth-order valence-electron chi connectivity index (χ4n) is 2.65. The predicted molar refractivity (Wildman–Crippen MR) is 102 cm³/mol. The van der Waals surface area contributed by atoms with Gasteiger partial charge in [0.1, 0.15) is 40.9 Å². The first-order valence-electron chi connectivity index (χ1n) is 8.47. The third kappa shape index (κ3) is 4.26. The summed E-state index contributed by atoms with van der Waals surface area (Å²) in [4.78, 5) is 12.6. The Labute approximate surface area is 166 Å². The topological polar surface area (TPSA) is 73.6 Å². The van der Waals surface area contributed by atoms with Crippen LogP contribution in [0.1, 0.15) is 16.1 Å². The number of nitrogens with zero attached hydrogens (tertiary/aromatic N) is 1. The number of hydrogen-bond donors (Lipinski definition) is 1. The molecule has 0 bridgehead atoms. The second-order valence-electron chi connectivity index (χ2n) is 5.84. The molecule has 1 N–H and O–H groups in total. The van der Waals surface area contributed by atoms with E-state index < -0.39 is 11.7 Å². The van der Waals surface area contributed by atoms with Crippen molar-refractivity contribution in [1.29, 1.82) is 0 Å². The van der Waals surface area contributed by atoms with E-state index in [4.69, 9.17) is 25.6 Å². The van der Waals surface area contributed by atoms with E-state index >= 15 is 0 Å². The van der Waals surface area contributed by atoms with Gasteiger partial charge >= 0.3 is 0 Å². The zero-order valence-electron chi connectivity index (χ0n) is 15.3. The number of nitrogens with one attached hydrogen (secondary N) is 1. The highest BCUT2D eigenvalue weighted by Gasteiger charge is 2.25. The summed E-state index contributed by atoms with van der Waals surface area (Å²) < 4.78 is 30.0. The average molecular weight is 405 g/mol. The van der Waals surface area contributed by atoms with E-state index in [0.717, 1.165) is 0 Å². The molecule has 8 heteroatoms. The lowest BCUT2D eigenvalue weighted by Crippen LogP contribution is -2.28. The minimum Gasteiger partial charge on any atom is -0.497 e. The van der Waals surface area contributed by atoms with Crippen LogP contribution in [0.3, 0.4) is 0 Å². The van der Waals surface area contributed by atoms with Crippen molar-refractivity contribution in [1.82, 2.24) is 10.5 Å². The Bertz CT molecular complexity index is 970. The summed E-state index contributed by atoms with van der Waals surface area (Å²) in [6, 6.07) is 11.4. The average Bonchev–Trinajstić information content (AvgIpc) is 3.06. The molecule has 3 rings (SSSR count). The van der Waals surface area contributed by atoms with Crippen molar-refractivity contribution in [3.05, 3.63) is 64.6 Å². The molecule has 0 atom stereocenters. The lowest BCUT2D eigenvalue weighted by molar-refractivity contribution is 0.0946. The normalized spacial score (nSPS) is 10.6. The highest BCUT2D eigenvalue weighted by molar-refractivity contribution is 6.33. The van der Waals surface area contributed by atoms with E-state index in [1.807, 2.05) is 0 Å². The maximum atomic E-state index is 14.2. The second-order valence-corrected chi connectivity index (χ2v) is 6.25. The van der Waals surface area contributed by atoms with Gasteiger partial charge in [-0.15, -0.1) is 0 Å². The van der Waals surface area contributed by atoms with Crippen molar-refractivity contribution in [2.75, 3.05) is 20.3 Å². The molecular formula is C20H18ClFN2O4. The van der Waals surface area contributed by atoms with Crippen LogP contribution in [0.2, 0.25) is 5.02 Å². The van der Waals surface area contributed by atoms with Gasteiger partial charge in [0.25, 0.3) is 5.91 Å². The molecule has 0 aliphatic carbocycles. The molecule has 0 unspecified atom stereocenters. The van der Waals surface area contributed by atoms with Gasteiger partial charge in [-0.1, -0.05) is 28.9 Å². The van der Waals surface area contributed by atoms with Crippen LogP contribution in [-0.4, -0.2) is 31.3 Å². The van der Waals surface area contributed by atoms with Crippen LogP contribution in [0.15, 0.2) is 47.0 Å². The first-order valence-corrected chi connectivity index (χ1v) is 8.84. The maximum absolute atomic E-state index is 14.2. The predicted octanol–water partition coefficient (Wildman–Crippen LogP) is 4.26. The summed E-state index contributed by atoms with van der Waals surface area (Å²) in [5, 5.41) is 6.67. The first kappa shape index (κ1) is 19.7. The van der Waals surface area contributed by atoms with Gasteiger partial charge in [0, 0.05) is 6.07 Å². The van der Waals surface area contributed by atoms with Crippen LogP contribution in [-0.2, 0) is 0 Å². The van der Waals surface area contributed by atoms with Gasteiger partial charge in [0.05, 0.1) is 24.2 Å². The molecule has 146 valence electrons. The summed E-state index contributed by atoms with van der Waals surface area (Å²) >= 11 is 6.09. The number of halogens is 2. The molecule has 0 aliphatic rings. The molecule has 2 aromatic carbocycles. The SMILES string of the molecule is COc1cccc(OCCNC(=O)c2c(-c3c(F)cccc3Cl)noc2C)c1. The van der Waals surface area contributed by atoms with E-state index in [2.05, 4.69) is 10.5 Å². The van der Waals surface area contributed by atoms with Gasteiger partial charge in [0.2, 0.25) is 0 Å². The van der Waals surface area contributed by atoms with Gasteiger partial charge in [-0.25, -0.2) is 4.39 Å². The largest absolute Gasteiger partial charge is 0.497 e. The second kappa shape index (κ2) is 8.75. The zero-order chi connectivity index (χ0) is 20.1. The molecule has 0 fully saturated rings. The van der Waals surface area contributed by atoms with Crippen molar-refractivity contribution in [3.8, 4) is 22.8 Å². The molecule has 0 saturated heterocycles. The van der Waals surface area contributed by atoms with Gasteiger partial charge in [-0.05, 0) is 31.2 Å². The molecule has 6 nitrogen and oxygen atoms in total. The number of aromatic nitrogens is 1. The minimum absolute atomic E-state index is 0.0267. The number of carbonyl (C=O) groups excluding carboxylic acids is 1. The summed E-state index contributed by atoms with van der Waals surface area (Å²) in [5.41, 5.74) is 0.221. The van der Waals surface area contributed by atoms with Crippen molar-refractivity contribution in [2.24, 2.45) is 0 Å². The number of ether oxygens (including phenoxy) is 2. The molecule has 1 amide bonds. The number of amides is 1. The molecule has 0 aliphatic heterocycles. The molecule has 3 aromatic rings. The van der Waals surface area contributed by atoms with Crippen LogP contribution >= 0.6 is 11.6 Å². The molecule has 0 spiro atoms. The monoisotopic (exact) mass is 404 g/mol. The Morgan fingerprint density at radius 3 is 2.75 bits per heavy atom. The highest BCUT2D eigenvalue weighted by Crippen LogP contribution is 2.33. The molecule has 1 heterocycles. The summed E-state index contributed by atoms with van der Waals surface area (Å²) in [7, 11) is 1.57. The van der Waals surface area contributed by atoms with Crippen LogP contribution < -0.4 is 14.8 Å². The molecular weight excluding hydrogens is 387 g/mol. The summed E-state index contributed by atoms with van der Waals surface area (Å²) in [5.74, 6) is 0.515. The van der Waals surface area contributed by atoms with Gasteiger partial charge in [-0.2, -0.15) is 0 Å². The third-order valence-corrected chi connectivity index (χ3v) is 4.30. The van der Waals surface area contributed by atoms with Crippen LogP contribution in [0.25, 0.3) is 11.3 Å². The van der Waals surface area contributed by atoms with Gasteiger partial charge < -0.3 is 19.3 Å². The van der Waals surface area contributed by atoms with E-state index in [0.29, 0.717) is 11.5 Å². The number of methoxy groups -OCH3 is 1. The van der Waals surface area contributed by atoms with Gasteiger partial charge in [0.15, 0.2) is 0 Å². The quantitative estimate of drug-likeness (QED) is 0.595. The molecule has 0 radical (unpaired) electrons. The van der Waals surface area contributed by atoms with Crippen molar-refractivity contribution in [3.63, 3.8) is 0 Å². The number of hydrogen-bond acceptors (Lipinski definition) is 5. The standard InChI is InChI=1S/C20H18ClFN2O4/c1-12-17(19(24-28-12)18-15(21)7-4-8-16(18)22)20(25)23-9-10-27-14-6-3-5-13(11-14)26-2/h3-8,11H,9-10H2,1-2H3,(H,23,25). The Kier molecular flexibility index (Phi) is 6.16. The number of rotatable bonds is 7. The summed E-state index contributed by atoms with van der Waals surface area (Å²) in [6.07, 6.45) is 0. The van der Waals surface area contributed by atoms with Gasteiger partial charge in [-0.3, -0.25) is 4.79 Å². The van der Waals surface area contributed by atoms with Crippen molar-refractivity contribution >= 4 is 17.5 Å². The zero-order valence-corrected chi connectivity index (χ0v) is 16.0. The van der Waals surface area contributed by atoms with Crippen LogP contribution in [0.5, 0.6) is 11.5 Å². The van der Waals surface area contributed by atoms with Crippen LogP contribution in [0, 0.1) is 12.7 Å². The molecule has 1 aromatic heterocycles. The van der Waals surface area contributed by atoms with E-state index in [1.54, 1.807) is 38.3 Å².